The van der Waals surface area contributed by atoms with Crippen LogP contribution in [0.4, 0.5) is 9.59 Å². The molecular formula is C19H33N3O7. The summed E-state index contributed by atoms with van der Waals surface area (Å²) in [7, 11) is 0. The SMILES string of the molecule is CCC(NC(=O)OC(C)(C)C)C(=O)NC1CC(C(=O)O)N(C(=O)OC(C)(C)C)C1. The molecule has 3 N–H and O–H groups in total. The first-order valence-electron chi connectivity index (χ1n) is 9.65. The highest BCUT2D eigenvalue weighted by molar-refractivity contribution is 5.86. The number of alkyl carbamates (subject to hydrolysis) is 1. The normalized spacial score (nSPS) is 20.6. The number of nitrogens with one attached hydrogen (secondary N) is 2. The third kappa shape index (κ3) is 8.16. The molecule has 1 aliphatic rings. The number of ether oxygens (including phenoxy) is 2. The van der Waals surface area contributed by atoms with Gasteiger partial charge in [-0.15, -0.1) is 0 Å². The van der Waals surface area contributed by atoms with Crippen molar-refractivity contribution >= 4 is 24.1 Å². The molecule has 0 saturated carbocycles. The van der Waals surface area contributed by atoms with E-state index >= 15 is 0 Å². The lowest BCUT2D eigenvalue weighted by Crippen LogP contribution is -2.51. The average Bonchev–Trinajstić information content (AvgIpc) is 2.93. The van der Waals surface area contributed by atoms with Crippen LogP contribution in [0.2, 0.25) is 0 Å². The molecule has 10 nitrogen and oxygen atoms in total. The van der Waals surface area contributed by atoms with Crippen LogP contribution < -0.4 is 10.6 Å². The third-order valence-electron chi connectivity index (χ3n) is 3.98. The summed E-state index contributed by atoms with van der Waals surface area (Å²) >= 11 is 0. The van der Waals surface area contributed by atoms with Gasteiger partial charge in [0.15, 0.2) is 0 Å². The number of nitrogens with zero attached hydrogens (tertiary/aromatic N) is 1. The van der Waals surface area contributed by atoms with Crippen LogP contribution in [-0.2, 0) is 19.1 Å². The van der Waals surface area contributed by atoms with Crippen LogP contribution >= 0.6 is 0 Å². The quantitative estimate of drug-likeness (QED) is 0.624. The van der Waals surface area contributed by atoms with Crippen molar-refractivity contribution in [2.45, 2.75) is 90.6 Å². The summed E-state index contributed by atoms with van der Waals surface area (Å²) in [4.78, 5) is 49.4. The van der Waals surface area contributed by atoms with E-state index < -0.39 is 53.4 Å². The first-order chi connectivity index (χ1) is 13.1. The monoisotopic (exact) mass is 415 g/mol. The minimum Gasteiger partial charge on any atom is -0.480 e. The van der Waals surface area contributed by atoms with Crippen LogP contribution in [0, 0.1) is 0 Å². The van der Waals surface area contributed by atoms with Gasteiger partial charge in [0.25, 0.3) is 0 Å². The van der Waals surface area contributed by atoms with Crippen LogP contribution in [0.25, 0.3) is 0 Å². The highest BCUT2D eigenvalue weighted by Crippen LogP contribution is 2.22. The van der Waals surface area contributed by atoms with Gasteiger partial charge >= 0.3 is 18.2 Å². The number of carboxylic acids is 1. The summed E-state index contributed by atoms with van der Waals surface area (Å²) in [5, 5.41) is 14.6. The lowest BCUT2D eigenvalue weighted by atomic mass is 10.1. The Hall–Kier alpha value is -2.52. The molecule has 1 fully saturated rings. The Morgan fingerprint density at radius 2 is 1.62 bits per heavy atom. The van der Waals surface area contributed by atoms with Crippen molar-refractivity contribution in [1.29, 1.82) is 0 Å². The van der Waals surface area contributed by atoms with Crippen molar-refractivity contribution in [2.75, 3.05) is 6.54 Å². The summed E-state index contributed by atoms with van der Waals surface area (Å²) in [6.07, 6.45) is -1.11. The Bertz CT molecular complexity index is 637. The van der Waals surface area contributed by atoms with Gasteiger partial charge in [-0.25, -0.2) is 14.4 Å². The van der Waals surface area contributed by atoms with Gasteiger partial charge in [-0.05, 0) is 48.0 Å². The number of carbonyl (C=O) groups is 4. The molecule has 1 rings (SSSR count). The molecule has 0 bridgehead atoms. The van der Waals surface area contributed by atoms with Crippen LogP contribution in [0.3, 0.4) is 0 Å². The highest BCUT2D eigenvalue weighted by Gasteiger charge is 2.42. The first kappa shape index (κ1) is 24.5. The summed E-state index contributed by atoms with van der Waals surface area (Å²) in [5.41, 5.74) is -1.47. The zero-order valence-electron chi connectivity index (χ0n) is 18.2. The number of carbonyl (C=O) groups excluding carboxylic acids is 3. The lowest BCUT2D eigenvalue weighted by molar-refractivity contribution is -0.142. The average molecular weight is 415 g/mol. The van der Waals surface area contributed by atoms with E-state index in [4.69, 9.17) is 9.47 Å². The van der Waals surface area contributed by atoms with Crippen molar-refractivity contribution in [1.82, 2.24) is 15.5 Å². The van der Waals surface area contributed by atoms with Gasteiger partial charge < -0.3 is 25.2 Å². The molecule has 3 atom stereocenters. The molecule has 0 spiro atoms. The fourth-order valence-electron chi connectivity index (χ4n) is 2.80. The van der Waals surface area contributed by atoms with E-state index in [0.717, 1.165) is 4.90 Å². The van der Waals surface area contributed by atoms with Gasteiger partial charge in [0, 0.05) is 19.0 Å². The number of likely N-dealkylation sites (tertiary alicyclic amines) is 1. The summed E-state index contributed by atoms with van der Waals surface area (Å²) in [6, 6.07) is -2.52. The number of amides is 3. The number of carboxylic acid groups (broad SMARTS) is 1. The van der Waals surface area contributed by atoms with Gasteiger partial charge in [-0.2, -0.15) is 0 Å². The molecule has 1 aliphatic heterocycles. The van der Waals surface area contributed by atoms with Crippen molar-refractivity contribution in [3.05, 3.63) is 0 Å². The Labute approximate surface area is 171 Å². The predicted octanol–water partition coefficient (Wildman–Crippen LogP) is 1.87. The topological polar surface area (TPSA) is 134 Å². The van der Waals surface area contributed by atoms with Crippen LogP contribution in [0.15, 0.2) is 0 Å². The van der Waals surface area contributed by atoms with Crippen LogP contribution in [0.1, 0.15) is 61.3 Å². The Kier molecular flexibility index (Phi) is 7.88. The molecule has 10 heteroatoms. The van der Waals surface area contributed by atoms with E-state index in [9.17, 15) is 24.3 Å². The first-order valence-corrected chi connectivity index (χ1v) is 9.65. The molecule has 0 aliphatic carbocycles. The molecule has 0 aromatic carbocycles. The number of hydrogen-bond donors (Lipinski definition) is 3. The molecule has 1 heterocycles. The van der Waals surface area contributed by atoms with Gasteiger partial charge in [-0.3, -0.25) is 9.69 Å². The van der Waals surface area contributed by atoms with E-state index in [-0.39, 0.29) is 13.0 Å². The maximum absolute atomic E-state index is 12.5. The van der Waals surface area contributed by atoms with Crippen molar-refractivity contribution in [2.24, 2.45) is 0 Å². The molecule has 1 saturated heterocycles. The van der Waals surface area contributed by atoms with E-state index in [1.165, 1.54) is 0 Å². The number of aliphatic carboxylic acids is 1. The Balaban J connectivity index is 2.76. The zero-order valence-corrected chi connectivity index (χ0v) is 18.2. The fourth-order valence-corrected chi connectivity index (χ4v) is 2.80. The molecule has 29 heavy (non-hydrogen) atoms. The fraction of sp³-hybridized carbons (Fsp3) is 0.789. The minimum atomic E-state index is -1.17. The van der Waals surface area contributed by atoms with Crippen molar-refractivity contribution in [3.63, 3.8) is 0 Å². The molecular weight excluding hydrogens is 382 g/mol. The zero-order chi connectivity index (χ0) is 22.6. The minimum absolute atomic E-state index is 0.000488. The van der Waals surface area contributed by atoms with Gasteiger partial charge in [0.2, 0.25) is 5.91 Å². The largest absolute Gasteiger partial charge is 0.480 e. The highest BCUT2D eigenvalue weighted by atomic mass is 16.6. The molecule has 166 valence electrons. The molecule has 0 radical (unpaired) electrons. The molecule has 0 aromatic heterocycles. The van der Waals surface area contributed by atoms with E-state index in [1.807, 2.05) is 0 Å². The summed E-state index contributed by atoms with van der Waals surface area (Å²) in [5.74, 6) is -1.65. The smallest absolute Gasteiger partial charge is 0.411 e. The maximum Gasteiger partial charge on any atom is 0.411 e. The molecule has 3 amide bonds. The number of hydrogen-bond acceptors (Lipinski definition) is 6. The van der Waals surface area contributed by atoms with E-state index in [1.54, 1.807) is 48.5 Å². The van der Waals surface area contributed by atoms with E-state index in [0.29, 0.717) is 6.42 Å². The second-order valence-electron chi connectivity index (χ2n) is 9.04. The Morgan fingerprint density at radius 3 is 2.07 bits per heavy atom. The summed E-state index contributed by atoms with van der Waals surface area (Å²) < 4.78 is 10.4. The van der Waals surface area contributed by atoms with Crippen molar-refractivity contribution < 1.29 is 33.8 Å². The van der Waals surface area contributed by atoms with E-state index in [2.05, 4.69) is 10.6 Å². The van der Waals surface area contributed by atoms with Crippen molar-refractivity contribution in [3.8, 4) is 0 Å². The second kappa shape index (κ2) is 9.32. The lowest BCUT2D eigenvalue weighted by Gasteiger charge is -2.27. The van der Waals surface area contributed by atoms with Crippen LogP contribution in [-0.4, -0.2) is 69.9 Å². The third-order valence-corrected chi connectivity index (χ3v) is 3.98. The molecule has 3 unspecified atom stereocenters. The summed E-state index contributed by atoms with van der Waals surface area (Å²) in [6.45, 7) is 11.9. The standard InChI is InChI=1S/C19H33N3O7/c1-8-12(21-16(26)28-18(2,3)4)14(23)20-11-9-13(15(24)25)22(10-11)17(27)29-19(5,6)7/h11-13H,8-10H2,1-7H3,(H,20,23)(H,21,26)(H,24,25). The number of rotatable bonds is 5. The van der Waals surface area contributed by atoms with Gasteiger partial charge in [-0.1, -0.05) is 6.92 Å². The Morgan fingerprint density at radius 1 is 1.07 bits per heavy atom. The van der Waals surface area contributed by atoms with Crippen LogP contribution in [0.5, 0.6) is 0 Å². The van der Waals surface area contributed by atoms with Gasteiger partial charge in [0.1, 0.15) is 23.3 Å². The predicted molar refractivity (Wildman–Crippen MR) is 104 cm³/mol. The maximum atomic E-state index is 12.5. The second-order valence-corrected chi connectivity index (χ2v) is 9.04. The molecule has 0 aromatic rings. The van der Waals surface area contributed by atoms with Gasteiger partial charge in [0.05, 0.1) is 0 Å².